The Labute approximate surface area is 90.6 Å². The molecule has 0 fully saturated rings. The number of imide groups is 1. The predicted molar refractivity (Wildman–Crippen MR) is 55.0 cm³/mol. The number of amides is 3. The van der Waals surface area contributed by atoms with Crippen LogP contribution in [0.2, 0.25) is 0 Å². The Morgan fingerprint density at radius 3 is 2.31 bits per heavy atom. The number of carbonyl (C=O) groups is 4. The van der Waals surface area contributed by atoms with Crippen LogP contribution in [-0.4, -0.2) is 24.5 Å². The summed E-state index contributed by atoms with van der Waals surface area (Å²) in [6.07, 6.45) is 0.412. The maximum Gasteiger partial charge on any atom is 0.326 e. The van der Waals surface area contributed by atoms with E-state index in [0.717, 1.165) is 0 Å². The molecule has 0 aliphatic rings. The van der Waals surface area contributed by atoms with Crippen LogP contribution >= 0.6 is 0 Å². The Balaban J connectivity index is 3.31. The molecular formula is C10H8N2O4. The first kappa shape index (κ1) is 11.6. The lowest BCUT2D eigenvalue weighted by molar-refractivity contribution is -0.129. The number of primary amides is 1. The van der Waals surface area contributed by atoms with Crippen molar-refractivity contribution in [3.8, 4) is 0 Å². The molecule has 1 aromatic rings. The van der Waals surface area contributed by atoms with E-state index in [1.165, 1.54) is 18.2 Å². The Morgan fingerprint density at radius 2 is 1.81 bits per heavy atom. The second kappa shape index (κ2) is 4.83. The minimum absolute atomic E-state index is 0.0119. The third-order valence-corrected chi connectivity index (χ3v) is 1.85. The van der Waals surface area contributed by atoms with Crippen molar-refractivity contribution in [1.82, 2.24) is 0 Å². The van der Waals surface area contributed by atoms with Crippen molar-refractivity contribution < 1.29 is 19.2 Å². The highest BCUT2D eigenvalue weighted by Gasteiger charge is 2.22. The predicted octanol–water partition coefficient (Wildman–Crippen LogP) is 0.110. The van der Waals surface area contributed by atoms with Crippen LogP contribution in [0.4, 0.5) is 10.5 Å². The molecule has 0 spiro atoms. The molecule has 82 valence electrons. The van der Waals surface area contributed by atoms with E-state index in [9.17, 15) is 19.2 Å². The summed E-state index contributed by atoms with van der Waals surface area (Å²) in [5.74, 6) is -1.12. The second-order valence-corrected chi connectivity index (χ2v) is 2.81. The van der Waals surface area contributed by atoms with E-state index in [-0.39, 0.29) is 17.5 Å². The summed E-state index contributed by atoms with van der Waals surface area (Å²) in [5, 5.41) is 0. The van der Waals surface area contributed by atoms with Gasteiger partial charge in [0.2, 0.25) is 6.29 Å². The maximum atomic E-state index is 11.2. The zero-order valence-corrected chi connectivity index (χ0v) is 8.12. The molecule has 0 radical (unpaired) electrons. The molecule has 0 unspecified atom stereocenters. The van der Waals surface area contributed by atoms with Gasteiger partial charge in [0.15, 0.2) is 6.29 Å². The monoisotopic (exact) mass is 220 g/mol. The number of carbonyl (C=O) groups excluding carboxylic acids is 4. The number of anilines is 1. The normalized spacial score (nSPS) is 9.25. The van der Waals surface area contributed by atoms with E-state index in [1.54, 1.807) is 6.07 Å². The van der Waals surface area contributed by atoms with Crippen molar-refractivity contribution in [2.45, 2.75) is 0 Å². The highest BCUT2D eigenvalue weighted by atomic mass is 16.2. The van der Waals surface area contributed by atoms with Gasteiger partial charge in [-0.1, -0.05) is 12.1 Å². The van der Waals surface area contributed by atoms with Gasteiger partial charge in [-0.25, -0.2) is 9.69 Å². The topological polar surface area (TPSA) is 97.5 Å². The number of benzene rings is 1. The number of nitrogens with two attached hydrogens (primary N) is 1. The Bertz CT molecular complexity index is 456. The quantitative estimate of drug-likeness (QED) is 0.577. The first-order valence-electron chi connectivity index (χ1n) is 4.24. The molecule has 2 N–H and O–H groups in total. The fourth-order valence-corrected chi connectivity index (χ4v) is 1.19. The first-order chi connectivity index (χ1) is 7.61. The molecular weight excluding hydrogens is 212 g/mol. The molecule has 0 atom stereocenters. The molecule has 0 aromatic heterocycles. The van der Waals surface area contributed by atoms with Crippen LogP contribution in [0.15, 0.2) is 24.3 Å². The molecule has 0 aliphatic carbocycles. The van der Waals surface area contributed by atoms with Gasteiger partial charge in [-0.15, -0.1) is 0 Å². The van der Waals surface area contributed by atoms with E-state index < -0.39 is 11.9 Å². The minimum atomic E-state index is -1.12. The lowest BCUT2D eigenvalue weighted by Gasteiger charge is -2.16. The van der Waals surface area contributed by atoms with Crippen LogP contribution in [0.1, 0.15) is 10.4 Å². The third-order valence-electron chi connectivity index (χ3n) is 1.85. The fraction of sp³-hybridized carbons (Fsp3) is 0. The Morgan fingerprint density at radius 1 is 1.19 bits per heavy atom. The standard InChI is InChI=1S/C10H8N2O4/c11-10(16)12(9(15)6-14)8-4-2-1-3-7(8)5-13/h1-6H,(H2,11,16). The smallest absolute Gasteiger partial charge is 0.326 e. The number of urea groups is 1. The molecule has 1 rings (SSSR count). The molecule has 0 aliphatic heterocycles. The van der Waals surface area contributed by atoms with Gasteiger partial charge < -0.3 is 5.73 Å². The van der Waals surface area contributed by atoms with Crippen molar-refractivity contribution in [3.63, 3.8) is 0 Å². The van der Waals surface area contributed by atoms with Gasteiger partial charge in [0.25, 0.3) is 5.91 Å². The fourth-order valence-electron chi connectivity index (χ4n) is 1.19. The summed E-state index contributed by atoms with van der Waals surface area (Å²) in [4.78, 5) is 43.6. The van der Waals surface area contributed by atoms with Crippen LogP contribution < -0.4 is 10.6 Å². The summed E-state index contributed by atoms with van der Waals surface area (Å²) in [5.41, 5.74) is 5.04. The molecule has 6 heteroatoms. The lowest BCUT2D eigenvalue weighted by Crippen LogP contribution is -2.42. The van der Waals surface area contributed by atoms with Gasteiger partial charge in [0.1, 0.15) is 0 Å². The molecule has 0 saturated heterocycles. The average molecular weight is 220 g/mol. The summed E-state index contributed by atoms with van der Waals surface area (Å²) in [6.45, 7) is 0. The summed E-state index contributed by atoms with van der Waals surface area (Å²) in [6, 6.07) is 4.69. The summed E-state index contributed by atoms with van der Waals surface area (Å²) >= 11 is 0. The van der Waals surface area contributed by atoms with E-state index in [1.807, 2.05) is 0 Å². The number of aldehydes is 2. The molecule has 6 nitrogen and oxygen atoms in total. The van der Waals surface area contributed by atoms with E-state index in [2.05, 4.69) is 0 Å². The number of para-hydroxylation sites is 1. The molecule has 16 heavy (non-hydrogen) atoms. The largest absolute Gasteiger partial charge is 0.351 e. The number of rotatable bonds is 3. The molecule has 0 saturated carbocycles. The van der Waals surface area contributed by atoms with E-state index in [4.69, 9.17) is 5.73 Å². The van der Waals surface area contributed by atoms with Crippen LogP contribution in [0.25, 0.3) is 0 Å². The zero-order valence-electron chi connectivity index (χ0n) is 8.12. The van der Waals surface area contributed by atoms with Gasteiger partial charge in [-0.2, -0.15) is 0 Å². The third kappa shape index (κ3) is 2.11. The Hall–Kier alpha value is -2.50. The highest BCUT2D eigenvalue weighted by Crippen LogP contribution is 2.18. The van der Waals surface area contributed by atoms with Crippen LogP contribution in [0.3, 0.4) is 0 Å². The van der Waals surface area contributed by atoms with Gasteiger partial charge in [-0.3, -0.25) is 14.4 Å². The maximum absolute atomic E-state index is 11.2. The molecule has 3 amide bonds. The van der Waals surface area contributed by atoms with Gasteiger partial charge in [-0.05, 0) is 12.1 Å². The van der Waals surface area contributed by atoms with Crippen molar-refractivity contribution in [1.29, 1.82) is 0 Å². The van der Waals surface area contributed by atoms with Crippen LogP contribution in [-0.2, 0) is 9.59 Å². The first-order valence-corrected chi connectivity index (χ1v) is 4.24. The summed E-state index contributed by atoms with van der Waals surface area (Å²) < 4.78 is 0. The second-order valence-electron chi connectivity index (χ2n) is 2.81. The van der Waals surface area contributed by atoms with E-state index >= 15 is 0 Å². The Kier molecular flexibility index (Phi) is 3.49. The number of hydrogen-bond acceptors (Lipinski definition) is 4. The van der Waals surface area contributed by atoms with Crippen molar-refractivity contribution in [3.05, 3.63) is 29.8 Å². The number of nitrogens with zero attached hydrogens (tertiary/aromatic N) is 1. The van der Waals surface area contributed by atoms with Crippen LogP contribution in [0.5, 0.6) is 0 Å². The van der Waals surface area contributed by atoms with Gasteiger partial charge in [0, 0.05) is 5.56 Å². The van der Waals surface area contributed by atoms with Gasteiger partial charge >= 0.3 is 6.03 Å². The van der Waals surface area contributed by atoms with Gasteiger partial charge in [0.05, 0.1) is 5.69 Å². The van der Waals surface area contributed by atoms with Crippen molar-refractivity contribution >= 4 is 30.2 Å². The minimum Gasteiger partial charge on any atom is -0.351 e. The average Bonchev–Trinajstić information content (AvgIpc) is 2.29. The molecule has 0 heterocycles. The molecule has 1 aromatic carbocycles. The highest BCUT2D eigenvalue weighted by molar-refractivity contribution is 6.37. The van der Waals surface area contributed by atoms with E-state index in [0.29, 0.717) is 11.2 Å². The SMILES string of the molecule is NC(=O)N(C(=O)C=O)c1ccccc1C=O. The summed E-state index contributed by atoms with van der Waals surface area (Å²) in [7, 11) is 0. The zero-order chi connectivity index (χ0) is 12.1. The van der Waals surface area contributed by atoms with Crippen LogP contribution in [0, 0.1) is 0 Å². The lowest BCUT2D eigenvalue weighted by atomic mass is 10.2. The number of hydrogen-bond donors (Lipinski definition) is 1. The molecule has 0 bridgehead atoms. The van der Waals surface area contributed by atoms with Crippen molar-refractivity contribution in [2.24, 2.45) is 5.73 Å². The van der Waals surface area contributed by atoms with Crippen molar-refractivity contribution in [2.75, 3.05) is 4.90 Å².